The van der Waals surface area contributed by atoms with Crippen molar-refractivity contribution in [2.75, 3.05) is 0 Å². The van der Waals surface area contributed by atoms with E-state index in [1.165, 1.54) is 0 Å². The van der Waals surface area contributed by atoms with E-state index in [0.29, 0.717) is 0 Å². The molecule has 0 fully saturated rings. The van der Waals surface area contributed by atoms with Gasteiger partial charge in [0, 0.05) is 11.8 Å². The van der Waals surface area contributed by atoms with E-state index < -0.39 is 0 Å². The largest absolute Gasteiger partial charge is 0.258 e. The maximum atomic E-state index is 4.29. The molecule has 0 N–H and O–H groups in total. The Hall–Kier alpha value is -1.70. The normalized spacial score (nSPS) is 9.00. The van der Waals surface area contributed by atoms with Crippen molar-refractivity contribution in [2.24, 2.45) is 0 Å². The molecule has 0 bridgehead atoms. The molecule has 1 heterocycles. The van der Waals surface area contributed by atoms with Gasteiger partial charge in [0.05, 0.1) is 17.6 Å². The fraction of sp³-hybridized carbons (Fsp3) is 0.231. The zero-order chi connectivity index (χ0) is 11.1. The second-order valence-corrected chi connectivity index (χ2v) is 2.91. The smallest absolute Gasteiger partial charge is 0.0885 e. The van der Waals surface area contributed by atoms with E-state index in [4.69, 9.17) is 0 Å². The highest BCUT2D eigenvalue weighted by atomic mass is 14.8. The first kappa shape index (κ1) is 11.4. The predicted molar refractivity (Wildman–Crippen MR) is 63.6 cm³/mol. The molecule has 0 spiro atoms. The number of hydrogen-bond acceptors (Lipinski definition) is 2. The van der Waals surface area contributed by atoms with Gasteiger partial charge in [-0.3, -0.25) is 9.97 Å². The molecular weight excluding hydrogens is 184 g/mol. The number of aryl methyl sites for hydroxylation is 1. The molecule has 1 aromatic carbocycles. The number of rotatable bonds is 1. The van der Waals surface area contributed by atoms with E-state index in [0.717, 1.165) is 17.0 Å². The monoisotopic (exact) mass is 200 g/mol. The van der Waals surface area contributed by atoms with Gasteiger partial charge >= 0.3 is 0 Å². The predicted octanol–water partition coefficient (Wildman–Crippen LogP) is 3.48. The average Bonchev–Trinajstić information content (AvgIpc) is 2.34. The Morgan fingerprint density at radius 1 is 0.867 bits per heavy atom. The Balaban J connectivity index is 0.000000531. The molecule has 0 atom stereocenters. The molecule has 1 aromatic heterocycles. The van der Waals surface area contributed by atoms with Gasteiger partial charge in [0.1, 0.15) is 0 Å². The minimum absolute atomic E-state index is 0.922. The molecule has 0 aliphatic rings. The molecule has 15 heavy (non-hydrogen) atoms. The Bertz CT molecular complexity index is 379. The van der Waals surface area contributed by atoms with Crippen LogP contribution < -0.4 is 0 Å². The lowest BCUT2D eigenvalue weighted by molar-refractivity contribution is 1.12. The summed E-state index contributed by atoms with van der Waals surface area (Å²) in [5.74, 6) is 0. The first-order valence-electron chi connectivity index (χ1n) is 5.20. The Morgan fingerprint density at radius 2 is 1.53 bits per heavy atom. The number of benzene rings is 1. The highest BCUT2D eigenvalue weighted by Crippen LogP contribution is 2.14. The standard InChI is InChI=1S/C11H10N2.C2H6/c1-9-7-13-11(8-12-9)10-5-3-2-4-6-10;1-2/h2-8H,1H3;1-2H3. The van der Waals surface area contributed by atoms with Crippen molar-refractivity contribution in [2.45, 2.75) is 20.8 Å². The van der Waals surface area contributed by atoms with Crippen molar-refractivity contribution in [1.29, 1.82) is 0 Å². The Kier molecular flexibility index (Phi) is 4.48. The van der Waals surface area contributed by atoms with Crippen molar-refractivity contribution < 1.29 is 0 Å². The van der Waals surface area contributed by atoms with Crippen molar-refractivity contribution in [3.05, 3.63) is 48.4 Å². The molecule has 78 valence electrons. The van der Waals surface area contributed by atoms with Gasteiger partial charge in [-0.05, 0) is 6.92 Å². The molecule has 2 nitrogen and oxygen atoms in total. The molecule has 2 aromatic rings. The van der Waals surface area contributed by atoms with Crippen LogP contribution in [0, 0.1) is 6.92 Å². The van der Waals surface area contributed by atoms with Crippen molar-refractivity contribution in [3.63, 3.8) is 0 Å². The zero-order valence-corrected chi connectivity index (χ0v) is 9.44. The van der Waals surface area contributed by atoms with Crippen molar-refractivity contribution in [1.82, 2.24) is 9.97 Å². The third-order valence-corrected chi connectivity index (χ3v) is 1.85. The van der Waals surface area contributed by atoms with Gasteiger partial charge in [0.2, 0.25) is 0 Å². The summed E-state index contributed by atoms with van der Waals surface area (Å²) in [4.78, 5) is 8.48. The summed E-state index contributed by atoms with van der Waals surface area (Å²) in [7, 11) is 0. The lowest BCUT2D eigenvalue weighted by atomic mass is 10.2. The maximum Gasteiger partial charge on any atom is 0.0885 e. The Labute approximate surface area is 91.0 Å². The minimum Gasteiger partial charge on any atom is -0.258 e. The van der Waals surface area contributed by atoms with E-state index in [-0.39, 0.29) is 0 Å². The van der Waals surface area contributed by atoms with Gasteiger partial charge in [-0.25, -0.2) is 0 Å². The molecule has 0 saturated carbocycles. The minimum atomic E-state index is 0.922. The molecule has 0 aliphatic carbocycles. The second kappa shape index (κ2) is 5.91. The van der Waals surface area contributed by atoms with Crippen LogP contribution in [0.4, 0.5) is 0 Å². The lowest BCUT2D eigenvalue weighted by Gasteiger charge is -1.98. The van der Waals surface area contributed by atoms with E-state index in [1.54, 1.807) is 12.4 Å². The average molecular weight is 200 g/mol. The van der Waals surface area contributed by atoms with Crippen LogP contribution in [-0.4, -0.2) is 9.97 Å². The van der Waals surface area contributed by atoms with E-state index in [1.807, 2.05) is 51.1 Å². The highest BCUT2D eigenvalue weighted by molar-refractivity contribution is 5.57. The Morgan fingerprint density at radius 3 is 2.07 bits per heavy atom. The van der Waals surface area contributed by atoms with Crippen LogP contribution in [0.3, 0.4) is 0 Å². The van der Waals surface area contributed by atoms with E-state index in [9.17, 15) is 0 Å². The van der Waals surface area contributed by atoms with Crippen LogP contribution in [0.5, 0.6) is 0 Å². The first-order chi connectivity index (χ1) is 7.36. The summed E-state index contributed by atoms with van der Waals surface area (Å²) >= 11 is 0. The molecule has 0 amide bonds. The molecule has 0 saturated heterocycles. The van der Waals surface area contributed by atoms with Crippen LogP contribution in [0.2, 0.25) is 0 Å². The molecule has 0 unspecified atom stereocenters. The van der Waals surface area contributed by atoms with Gasteiger partial charge in [-0.1, -0.05) is 44.2 Å². The zero-order valence-electron chi connectivity index (χ0n) is 9.44. The van der Waals surface area contributed by atoms with Crippen molar-refractivity contribution in [3.8, 4) is 11.3 Å². The van der Waals surface area contributed by atoms with Gasteiger partial charge in [-0.15, -0.1) is 0 Å². The van der Waals surface area contributed by atoms with E-state index in [2.05, 4.69) is 9.97 Å². The SMILES string of the molecule is CC.Cc1cnc(-c2ccccc2)cn1. The topological polar surface area (TPSA) is 25.8 Å². The van der Waals surface area contributed by atoms with Crippen molar-refractivity contribution >= 4 is 0 Å². The number of nitrogens with zero attached hydrogens (tertiary/aromatic N) is 2. The van der Waals surface area contributed by atoms with Crippen LogP contribution in [-0.2, 0) is 0 Å². The van der Waals surface area contributed by atoms with Crippen LogP contribution in [0.15, 0.2) is 42.7 Å². The fourth-order valence-corrected chi connectivity index (χ4v) is 1.15. The summed E-state index contributed by atoms with van der Waals surface area (Å²) < 4.78 is 0. The summed E-state index contributed by atoms with van der Waals surface area (Å²) in [5.41, 5.74) is 2.97. The fourth-order valence-electron chi connectivity index (χ4n) is 1.15. The van der Waals surface area contributed by atoms with Crippen LogP contribution in [0.25, 0.3) is 11.3 Å². The lowest BCUT2D eigenvalue weighted by Crippen LogP contribution is -1.86. The molecule has 0 radical (unpaired) electrons. The molecule has 2 heteroatoms. The number of aromatic nitrogens is 2. The quantitative estimate of drug-likeness (QED) is 0.704. The van der Waals surface area contributed by atoms with Gasteiger partial charge in [0.15, 0.2) is 0 Å². The van der Waals surface area contributed by atoms with E-state index >= 15 is 0 Å². The van der Waals surface area contributed by atoms with Crippen LogP contribution >= 0.6 is 0 Å². The second-order valence-electron chi connectivity index (χ2n) is 2.91. The highest BCUT2D eigenvalue weighted by Gasteiger charge is 1.96. The van der Waals surface area contributed by atoms with Gasteiger partial charge < -0.3 is 0 Å². The molecular formula is C13H16N2. The summed E-state index contributed by atoms with van der Waals surface area (Å²) in [6, 6.07) is 10.0. The molecule has 0 aliphatic heterocycles. The number of hydrogen-bond donors (Lipinski definition) is 0. The third-order valence-electron chi connectivity index (χ3n) is 1.85. The van der Waals surface area contributed by atoms with Gasteiger partial charge in [-0.2, -0.15) is 0 Å². The summed E-state index contributed by atoms with van der Waals surface area (Å²) in [5, 5.41) is 0. The van der Waals surface area contributed by atoms with Gasteiger partial charge in [0.25, 0.3) is 0 Å². The van der Waals surface area contributed by atoms with Crippen LogP contribution in [0.1, 0.15) is 19.5 Å². The molecule has 2 rings (SSSR count). The summed E-state index contributed by atoms with van der Waals surface area (Å²) in [6.07, 6.45) is 3.58. The summed E-state index contributed by atoms with van der Waals surface area (Å²) in [6.45, 7) is 5.93. The maximum absolute atomic E-state index is 4.29. The first-order valence-corrected chi connectivity index (χ1v) is 5.20. The third kappa shape index (κ3) is 3.17.